The van der Waals surface area contributed by atoms with E-state index in [1.165, 1.54) is 29.2 Å². The molecule has 0 aliphatic carbocycles. The maximum atomic E-state index is 14.8. The fraction of sp³-hybridized carbons (Fsp3) is 0.318. The molecule has 0 radical (unpaired) electrons. The smallest absolute Gasteiger partial charge is 0.351 e. The van der Waals surface area contributed by atoms with Gasteiger partial charge in [-0.25, -0.2) is 14.2 Å². The summed E-state index contributed by atoms with van der Waals surface area (Å²) < 4.78 is 20.6. The van der Waals surface area contributed by atoms with Gasteiger partial charge in [-0.2, -0.15) is 0 Å². The van der Waals surface area contributed by atoms with E-state index in [9.17, 15) is 19.1 Å². The monoisotopic (exact) mass is 411 g/mol. The number of ether oxygens (including phenoxy) is 1. The van der Waals surface area contributed by atoms with Gasteiger partial charge in [-0.1, -0.05) is 30.3 Å². The number of para-hydroxylation sites is 1. The number of aliphatic hydroxyl groups is 1. The van der Waals surface area contributed by atoms with E-state index < -0.39 is 23.2 Å². The summed E-state index contributed by atoms with van der Waals surface area (Å²) in [6.07, 6.45) is 1.37. The standard InChI is InChI=1S/C22H22FN3O4/c1-21(2,3)30-22(24-14-28)20(29)26(12-13-27)18-11-7-5-9-16(18)19(25-22)15-8-4-6-10-17(15)23/h4-11,27H,12-13H2,1-3H3. The Kier molecular flexibility index (Phi) is 5.94. The number of fused-ring (bicyclic) bond motifs is 1. The van der Waals surface area contributed by atoms with E-state index in [0.29, 0.717) is 11.3 Å². The van der Waals surface area contributed by atoms with Crippen molar-refractivity contribution in [3.05, 3.63) is 65.5 Å². The Balaban J connectivity index is 2.41. The number of amides is 1. The first-order valence-corrected chi connectivity index (χ1v) is 9.38. The van der Waals surface area contributed by atoms with Crippen LogP contribution >= 0.6 is 0 Å². The third kappa shape index (κ3) is 4.07. The number of carbonyl (C=O) groups is 1. The average Bonchev–Trinajstić information content (AvgIpc) is 2.77. The lowest BCUT2D eigenvalue weighted by Gasteiger charge is -2.33. The van der Waals surface area contributed by atoms with Crippen LogP contribution in [-0.4, -0.2) is 47.4 Å². The number of rotatable bonds is 5. The number of β-amino-alcohol motifs (C(OH)–C–C–N with tert-alkyl or cyclic N) is 1. The van der Waals surface area contributed by atoms with Crippen LogP contribution in [0.5, 0.6) is 0 Å². The number of hydrogen-bond acceptors (Lipinski definition) is 6. The molecule has 1 N–H and O–H groups in total. The van der Waals surface area contributed by atoms with Crippen LogP contribution in [-0.2, 0) is 14.3 Å². The van der Waals surface area contributed by atoms with Crippen molar-refractivity contribution in [3.8, 4) is 0 Å². The number of benzodiazepines with no additional fused rings is 1. The predicted octanol–water partition coefficient (Wildman–Crippen LogP) is 2.81. The Morgan fingerprint density at radius 3 is 2.40 bits per heavy atom. The number of nitrogens with zero attached hydrogens (tertiary/aromatic N) is 3. The third-order valence-electron chi connectivity index (χ3n) is 4.34. The van der Waals surface area contributed by atoms with Gasteiger partial charge < -0.3 is 14.7 Å². The summed E-state index contributed by atoms with van der Waals surface area (Å²) in [6.45, 7) is 4.57. The zero-order valence-corrected chi connectivity index (χ0v) is 16.9. The summed E-state index contributed by atoms with van der Waals surface area (Å²) in [4.78, 5) is 34.2. The number of aliphatic imine (C=N–C) groups is 2. The Hall–Kier alpha value is -3.19. The molecule has 0 spiro atoms. The molecule has 0 bridgehead atoms. The van der Waals surface area contributed by atoms with Gasteiger partial charge in [0.05, 0.1) is 23.6 Å². The van der Waals surface area contributed by atoms with Crippen LogP contribution in [0.2, 0.25) is 0 Å². The first kappa shape index (κ1) is 21.5. The van der Waals surface area contributed by atoms with Crippen molar-refractivity contribution >= 4 is 23.4 Å². The van der Waals surface area contributed by atoms with Gasteiger partial charge in [0.1, 0.15) is 5.82 Å². The Bertz CT molecular complexity index is 1040. The molecule has 1 unspecified atom stereocenters. The lowest BCUT2D eigenvalue weighted by atomic mass is 9.99. The lowest BCUT2D eigenvalue weighted by molar-refractivity contribution is -0.161. The summed E-state index contributed by atoms with van der Waals surface area (Å²) in [7, 11) is 0. The van der Waals surface area contributed by atoms with Crippen molar-refractivity contribution in [2.75, 3.05) is 18.1 Å². The topological polar surface area (TPSA) is 91.6 Å². The van der Waals surface area contributed by atoms with Gasteiger partial charge in [-0.3, -0.25) is 4.79 Å². The van der Waals surface area contributed by atoms with E-state index in [1.54, 1.807) is 51.1 Å². The van der Waals surface area contributed by atoms with Gasteiger partial charge >= 0.3 is 11.8 Å². The maximum absolute atomic E-state index is 14.8. The van der Waals surface area contributed by atoms with E-state index >= 15 is 0 Å². The number of hydrogen-bond donors (Lipinski definition) is 1. The number of aliphatic hydroxyl groups excluding tert-OH is 1. The van der Waals surface area contributed by atoms with Gasteiger partial charge in [0.15, 0.2) is 0 Å². The molecule has 1 aliphatic heterocycles. The minimum Gasteiger partial charge on any atom is -0.395 e. The summed E-state index contributed by atoms with van der Waals surface area (Å²) in [5, 5.41) is 9.57. The fourth-order valence-corrected chi connectivity index (χ4v) is 3.29. The van der Waals surface area contributed by atoms with Crippen LogP contribution in [0, 0.1) is 5.82 Å². The van der Waals surface area contributed by atoms with Crippen molar-refractivity contribution in [3.63, 3.8) is 0 Å². The molecule has 2 aromatic rings. The largest absolute Gasteiger partial charge is 0.395 e. The Labute approximate surface area is 173 Å². The van der Waals surface area contributed by atoms with E-state index in [-0.39, 0.29) is 24.4 Å². The minimum absolute atomic E-state index is 0.0977. The normalized spacial score (nSPS) is 18.9. The highest BCUT2D eigenvalue weighted by atomic mass is 19.1. The number of isocyanates is 1. The van der Waals surface area contributed by atoms with Crippen molar-refractivity contribution < 1.29 is 23.8 Å². The Morgan fingerprint density at radius 2 is 1.80 bits per heavy atom. The van der Waals surface area contributed by atoms with Crippen LogP contribution in [0.1, 0.15) is 31.9 Å². The molecule has 3 rings (SSSR count). The second kappa shape index (κ2) is 8.28. The van der Waals surface area contributed by atoms with Gasteiger partial charge in [-0.05, 0) is 39.0 Å². The maximum Gasteiger partial charge on any atom is 0.351 e. The summed E-state index contributed by atoms with van der Waals surface area (Å²) in [5.41, 5.74) is 0.0950. The zero-order valence-electron chi connectivity index (χ0n) is 16.9. The molecular formula is C22H22FN3O4. The number of halogens is 1. The zero-order chi connectivity index (χ0) is 21.9. The number of benzene rings is 2. The highest BCUT2D eigenvalue weighted by molar-refractivity contribution is 6.20. The SMILES string of the molecule is CC(C)(C)OC1(N=C=O)N=C(c2ccccc2F)c2ccccc2N(CCO)C1=O. The molecule has 1 aliphatic rings. The average molecular weight is 411 g/mol. The van der Waals surface area contributed by atoms with Crippen LogP contribution < -0.4 is 4.90 Å². The molecule has 0 saturated heterocycles. The minimum atomic E-state index is -2.33. The van der Waals surface area contributed by atoms with Crippen molar-refractivity contribution in [1.82, 2.24) is 0 Å². The summed E-state index contributed by atoms with van der Waals surface area (Å²) in [5.74, 6) is -3.67. The summed E-state index contributed by atoms with van der Waals surface area (Å²) >= 11 is 0. The van der Waals surface area contributed by atoms with Crippen LogP contribution in [0.25, 0.3) is 0 Å². The first-order chi connectivity index (χ1) is 14.2. The van der Waals surface area contributed by atoms with E-state index in [1.807, 2.05) is 0 Å². The second-order valence-corrected chi connectivity index (χ2v) is 7.66. The number of anilines is 1. The molecule has 8 heteroatoms. The molecular weight excluding hydrogens is 389 g/mol. The Morgan fingerprint density at radius 1 is 1.17 bits per heavy atom. The summed E-state index contributed by atoms with van der Waals surface area (Å²) in [6, 6.07) is 12.7. The molecule has 1 amide bonds. The van der Waals surface area contributed by atoms with Gasteiger partial charge in [0.25, 0.3) is 0 Å². The van der Waals surface area contributed by atoms with E-state index in [4.69, 9.17) is 4.74 Å². The third-order valence-corrected chi connectivity index (χ3v) is 4.34. The van der Waals surface area contributed by atoms with Gasteiger partial charge in [-0.15, -0.1) is 4.99 Å². The highest BCUT2D eigenvalue weighted by Gasteiger charge is 2.49. The van der Waals surface area contributed by atoms with E-state index in [0.717, 1.165) is 0 Å². The number of carbonyl (C=O) groups excluding carboxylic acids is 2. The quantitative estimate of drug-likeness (QED) is 0.605. The molecule has 0 aromatic heterocycles. The van der Waals surface area contributed by atoms with Crippen LogP contribution in [0.4, 0.5) is 10.1 Å². The molecule has 156 valence electrons. The molecule has 0 fully saturated rings. The first-order valence-electron chi connectivity index (χ1n) is 9.38. The van der Waals surface area contributed by atoms with Crippen LogP contribution in [0.15, 0.2) is 58.5 Å². The molecule has 0 saturated carbocycles. The van der Waals surface area contributed by atoms with E-state index in [2.05, 4.69) is 9.98 Å². The predicted molar refractivity (Wildman–Crippen MR) is 110 cm³/mol. The molecule has 7 nitrogen and oxygen atoms in total. The molecule has 1 atom stereocenters. The highest BCUT2D eigenvalue weighted by Crippen LogP contribution is 2.36. The van der Waals surface area contributed by atoms with Crippen molar-refractivity contribution in [2.45, 2.75) is 32.2 Å². The second-order valence-electron chi connectivity index (χ2n) is 7.66. The van der Waals surface area contributed by atoms with Crippen molar-refractivity contribution in [1.29, 1.82) is 0 Å². The van der Waals surface area contributed by atoms with Crippen LogP contribution in [0.3, 0.4) is 0 Å². The molecule has 30 heavy (non-hydrogen) atoms. The lowest BCUT2D eigenvalue weighted by Crippen LogP contribution is -2.52. The van der Waals surface area contributed by atoms with Gasteiger partial charge in [0.2, 0.25) is 6.08 Å². The van der Waals surface area contributed by atoms with Crippen molar-refractivity contribution in [2.24, 2.45) is 9.98 Å². The molecule has 1 heterocycles. The molecule has 2 aromatic carbocycles. The fourth-order valence-electron chi connectivity index (χ4n) is 3.29. The van der Waals surface area contributed by atoms with Gasteiger partial charge in [0, 0.05) is 17.7 Å².